The Hall–Kier alpha value is -2.80. The molecule has 2 aromatic rings. The molecule has 0 aromatic heterocycles. The standard InChI is InChI=1S/C29H35F6N3O3S/c1-18(2)37(3)23-9-10-26(19(13-23)17-42(40,41)24-7-5-4-6-8-24)38-12-11-25(27(38)39)36-22-15-20(28(30,31)32)14-21(16-22)29(33,34)35/h4-8,14-16,18-19,23,25-26,36H,9-13,17H2,1-3H3/t19-,23+,25?,26-/m0/s1. The van der Waals surface area contributed by atoms with Crippen molar-refractivity contribution in [3.63, 3.8) is 0 Å². The molecule has 1 aliphatic carbocycles. The molecule has 6 nitrogen and oxygen atoms in total. The highest BCUT2D eigenvalue weighted by Crippen LogP contribution is 2.39. The van der Waals surface area contributed by atoms with Crippen LogP contribution in [-0.4, -0.2) is 67.6 Å². The largest absolute Gasteiger partial charge is 0.416 e. The molecule has 4 rings (SSSR count). The number of likely N-dealkylation sites (tertiary alicyclic amines) is 1. The van der Waals surface area contributed by atoms with Crippen molar-refractivity contribution >= 4 is 21.4 Å². The van der Waals surface area contributed by atoms with Gasteiger partial charge < -0.3 is 15.1 Å². The molecule has 1 N–H and O–H groups in total. The number of benzene rings is 2. The molecule has 1 saturated heterocycles. The Morgan fingerprint density at radius 1 is 0.952 bits per heavy atom. The molecule has 2 aliphatic rings. The second-order valence-corrected chi connectivity index (χ2v) is 13.5. The number of carbonyl (C=O) groups is 1. The molecule has 0 radical (unpaired) electrons. The Labute approximate surface area is 242 Å². The molecule has 42 heavy (non-hydrogen) atoms. The summed E-state index contributed by atoms with van der Waals surface area (Å²) in [5.41, 5.74) is -3.40. The summed E-state index contributed by atoms with van der Waals surface area (Å²) >= 11 is 0. The maximum atomic E-state index is 13.5. The van der Waals surface area contributed by atoms with Crippen LogP contribution in [0.25, 0.3) is 0 Å². The summed E-state index contributed by atoms with van der Waals surface area (Å²) in [6.07, 6.45) is -8.11. The third-order valence-electron chi connectivity index (χ3n) is 8.41. The Bertz CT molecular complexity index is 1330. The maximum Gasteiger partial charge on any atom is 0.416 e. The van der Waals surface area contributed by atoms with E-state index in [0.29, 0.717) is 31.4 Å². The lowest BCUT2D eigenvalue weighted by molar-refractivity contribution is -0.143. The van der Waals surface area contributed by atoms with Crippen LogP contribution in [0.3, 0.4) is 0 Å². The first-order chi connectivity index (χ1) is 19.5. The van der Waals surface area contributed by atoms with Crippen molar-refractivity contribution in [3.05, 3.63) is 59.7 Å². The van der Waals surface area contributed by atoms with Crippen LogP contribution in [-0.2, 0) is 27.0 Å². The number of halogens is 6. The number of hydrogen-bond donors (Lipinski definition) is 1. The molecule has 0 bridgehead atoms. The zero-order valence-corrected chi connectivity index (χ0v) is 24.4. The SMILES string of the molecule is CC(C)N(C)[C@@H]1CC[C@H](N2CCC(Nc3cc(C(F)(F)F)cc(C(F)(F)F)c3)C2=O)[C@H](CS(=O)(=O)c2ccccc2)C1. The summed E-state index contributed by atoms with van der Waals surface area (Å²) in [5, 5.41) is 2.60. The molecular weight excluding hydrogens is 584 g/mol. The Balaban J connectivity index is 1.58. The molecule has 1 saturated carbocycles. The first kappa shape index (κ1) is 32.1. The summed E-state index contributed by atoms with van der Waals surface area (Å²) < 4.78 is 107. The number of rotatable bonds is 8. The van der Waals surface area contributed by atoms with Gasteiger partial charge >= 0.3 is 12.4 Å². The fourth-order valence-corrected chi connectivity index (χ4v) is 7.70. The van der Waals surface area contributed by atoms with Gasteiger partial charge in [0.25, 0.3) is 0 Å². The molecule has 2 aromatic carbocycles. The average molecular weight is 620 g/mol. The Morgan fingerprint density at radius 2 is 1.55 bits per heavy atom. The second-order valence-electron chi connectivity index (χ2n) is 11.5. The fourth-order valence-electron chi connectivity index (χ4n) is 6.01. The van der Waals surface area contributed by atoms with Crippen LogP contribution in [0.4, 0.5) is 32.0 Å². The number of hydrogen-bond acceptors (Lipinski definition) is 5. The van der Waals surface area contributed by atoms with Crippen LogP contribution in [0.15, 0.2) is 53.4 Å². The smallest absolute Gasteiger partial charge is 0.374 e. The van der Waals surface area contributed by atoms with E-state index in [2.05, 4.69) is 10.2 Å². The molecule has 2 fully saturated rings. The van der Waals surface area contributed by atoms with E-state index in [1.165, 1.54) is 12.1 Å². The van der Waals surface area contributed by atoms with Crippen LogP contribution in [0, 0.1) is 5.92 Å². The Kier molecular flexibility index (Phi) is 9.23. The van der Waals surface area contributed by atoms with Crippen molar-refractivity contribution in [2.24, 2.45) is 5.92 Å². The van der Waals surface area contributed by atoms with Crippen molar-refractivity contribution in [1.82, 2.24) is 9.80 Å². The third-order valence-corrected chi connectivity index (χ3v) is 10.3. The lowest BCUT2D eigenvalue weighted by Crippen LogP contribution is -2.52. The second kappa shape index (κ2) is 12.1. The van der Waals surface area contributed by atoms with E-state index < -0.39 is 62.9 Å². The first-order valence-corrected chi connectivity index (χ1v) is 15.5. The monoisotopic (exact) mass is 619 g/mol. The van der Waals surface area contributed by atoms with Crippen molar-refractivity contribution in [2.75, 3.05) is 24.7 Å². The van der Waals surface area contributed by atoms with E-state index in [4.69, 9.17) is 0 Å². The lowest BCUT2D eigenvalue weighted by atomic mass is 9.81. The summed E-state index contributed by atoms with van der Waals surface area (Å²) in [5.74, 6) is -1.07. The van der Waals surface area contributed by atoms with Gasteiger partial charge in [-0.3, -0.25) is 4.79 Å². The third kappa shape index (κ3) is 7.21. The van der Waals surface area contributed by atoms with Gasteiger partial charge in [-0.1, -0.05) is 18.2 Å². The number of sulfone groups is 1. The van der Waals surface area contributed by atoms with E-state index in [1.807, 2.05) is 20.9 Å². The molecule has 4 atom stereocenters. The van der Waals surface area contributed by atoms with Crippen molar-refractivity contribution in [1.29, 1.82) is 0 Å². The molecule has 1 amide bonds. The summed E-state index contributed by atoms with van der Waals surface area (Å²) in [4.78, 5) is 17.5. The van der Waals surface area contributed by atoms with Gasteiger partial charge in [-0.15, -0.1) is 0 Å². The number of nitrogens with one attached hydrogen (secondary N) is 1. The van der Waals surface area contributed by atoms with Crippen LogP contribution in [0.1, 0.15) is 50.7 Å². The van der Waals surface area contributed by atoms with Crippen molar-refractivity contribution in [3.8, 4) is 0 Å². The van der Waals surface area contributed by atoms with Gasteiger partial charge in [0.15, 0.2) is 9.84 Å². The van der Waals surface area contributed by atoms with Gasteiger partial charge in [-0.2, -0.15) is 26.3 Å². The normalized spacial score (nSPS) is 24.1. The maximum absolute atomic E-state index is 13.5. The molecule has 13 heteroatoms. The summed E-state index contributed by atoms with van der Waals surface area (Å²) in [7, 11) is -1.72. The van der Waals surface area contributed by atoms with E-state index in [0.717, 1.165) is 0 Å². The van der Waals surface area contributed by atoms with Gasteiger partial charge in [-0.05, 0) is 82.8 Å². The fraction of sp³-hybridized carbons (Fsp3) is 0.552. The number of anilines is 1. The zero-order chi connectivity index (χ0) is 31.0. The molecule has 1 heterocycles. The number of nitrogens with zero attached hydrogens (tertiary/aromatic N) is 2. The molecule has 1 unspecified atom stereocenters. The average Bonchev–Trinajstić information content (AvgIpc) is 3.26. The van der Waals surface area contributed by atoms with E-state index in [9.17, 15) is 39.6 Å². The van der Waals surface area contributed by atoms with Gasteiger partial charge in [0.05, 0.1) is 21.8 Å². The predicted molar refractivity (Wildman–Crippen MR) is 146 cm³/mol. The quantitative estimate of drug-likeness (QED) is 0.363. The number of alkyl halides is 6. The zero-order valence-electron chi connectivity index (χ0n) is 23.5. The highest BCUT2D eigenvalue weighted by molar-refractivity contribution is 7.91. The summed E-state index contributed by atoms with van der Waals surface area (Å²) in [6, 6.07) is 8.03. The molecule has 232 valence electrons. The topological polar surface area (TPSA) is 69.7 Å². The summed E-state index contributed by atoms with van der Waals surface area (Å²) in [6.45, 7) is 4.29. The van der Waals surface area contributed by atoms with Crippen molar-refractivity contribution < 1.29 is 39.6 Å². The van der Waals surface area contributed by atoms with Crippen LogP contribution < -0.4 is 5.32 Å². The number of amides is 1. The van der Waals surface area contributed by atoms with E-state index >= 15 is 0 Å². The highest BCUT2D eigenvalue weighted by atomic mass is 32.2. The first-order valence-electron chi connectivity index (χ1n) is 13.8. The van der Waals surface area contributed by atoms with Gasteiger partial charge in [0, 0.05) is 30.4 Å². The number of carbonyl (C=O) groups excluding carboxylic acids is 1. The van der Waals surface area contributed by atoms with Crippen LogP contribution in [0.2, 0.25) is 0 Å². The van der Waals surface area contributed by atoms with Gasteiger partial charge in [0.2, 0.25) is 5.91 Å². The van der Waals surface area contributed by atoms with Gasteiger partial charge in [0.1, 0.15) is 6.04 Å². The van der Waals surface area contributed by atoms with E-state index in [-0.39, 0.29) is 41.8 Å². The van der Waals surface area contributed by atoms with Crippen LogP contribution >= 0.6 is 0 Å². The molecule has 1 aliphatic heterocycles. The highest BCUT2D eigenvalue weighted by Gasteiger charge is 2.44. The van der Waals surface area contributed by atoms with Crippen molar-refractivity contribution in [2.45, 2.75) is 80.9 Å². The minimum atomic E-state index is -5.01. The molecular formula is C29H35F6N3O3S. The Morgan fingerprint density at radius 3 is 2.10 bits per heavy atom. The predicted octanol–water partition coefficient (Wildman–Crippen LogP) is 6.09. The van der Waals surface area contributed by atoms with E-state index in [1.54, 1.807) is 23.1 Å². The molecule has 0 spiro atoms. The minimum absolute atomic E-state index is 0.0400. The lowest BCUT2D eigenvalue weighted by Gasteiger charge is -2.44. The van der Waals surface area contributed by atoms with Crippen LogP contribution in [0.5, 0.6) is 0 Å². The minimum Gasteiger partial charge on any atom is -0.374 e. The van der Waals surface area contributed by atoms with Gasteiger partial charge in [-0.25, -0.2) is 8.42 Å².